The van der Waals surface area contributed by atoms with Crippen LogP contribution in [0.1, 0.15) is 40.5 Å². The van der Waals surface area contributed by atoms with E-state index in [1.54, 1.807) is 0 Å². The van der Waals surface area contributed by atoms with Gasteiger partial charge in [-0.15, -0.1) is 6.42 Å². The minimum atomic E-state index is -1.24. The van der Waals surface area contributed by atoms with Crippen LogP contribution >= 0.6 is 0 Å². The molecule has 0 aromatic heterocycles. The third kappa shape index (κ3) is 10.5. The molecule has 1 fully saturated rings. The Bertz CT molecular complexity index is 759. The number of rotatable bonds is 12. The third-order valence-corrected chi connectivity index (χ3v) is 4.91. The van der Waals surface area contributed by atoms with Crippen molar-refractivity contribution in [1.82, 2.24) is 0 Å². The van der Waals surface area contributed by atoms with Crippen molar-refractivity contribution in [2.45, 2.75) is 71.2 Å². The summed E-state index contributed by atoms with van der Waals surface area (Å²) in [4.78, 5) is 46.7. The van der Waals surface area contributed by atoms with E-state index in [0.717, 1.165) is 26.8 Å². The summed E-state index contributed by atoms with van der Waals surface area (Å²) < 4.78 is 33.5. The molecule has 0 aliphatic carbocycles. The highest BCUT2D eigenvalue weighted by atomic mass is 16.7. The minimum absolute atomic E-state index is 0.240. The standard InChI is InChI=1S/C23H36NO10/c1-8-11-24(6,7)12-9-10-13-29-23-22(33-18(5)28)21(32-17(4)27)20(31-16(3)26)19(34-23)14-30-15(2)25/h1,19-23H,9-14H2,2-7H3/q+1/t19-,20-,21?,22-,23?/m1/s1. The first-order valence-electron chi connectivity index (χ1n) is 11.0. The van der Waals surface area contributed by atoms with Gasteiger partial charge in [0.15, 0.2) is 24.6 Å². The minimum Gasteiger partial charge on any atom is -0.463 e. The molecular weight excluding hydrogens is 450 g/mol. The maximum Gasteiger partial charge on any atom is 0.303 e. The van der Waals surface area contributed by atoms with Crippen molar-refractivity contribution in [3.63, 3.8) is 0 Å². The molecule has 11 heteroatoms. The van der Waals surface area contributed by atoms with Gasteiger partial charge >= 0.3 is 23.9 Å². The van der Waals surface area contributed by atoms with Crippen LogP contribution in [0.15, 0.2) is 0 Å². The topological polar surface area (TPSA) is 124 Å². The smallest absolute Gasteiger partial charge is 0.303 e. The molecule has 0 aromatic carbocycles. The fourth-order valence-electron chi connectivity index (χ4n) is 3.49. The van der Waals surface area contributed by atoms with Crippen LogP contribution in [-0.2, 0) is 47.6 Å². The number of quaternary nitrogens is 1. The lowest BCUT2D eigenvalue weighted by Crippen LogP contribution is -2.63. The van der Waals surface area contributed by atoms with Crippen LogP contribution in [-0.4, -0.2) is 99.5 Å². The first kappa shape index (κ1) is 29.4. The van der Waals surface area contributed by atoms with E-state index in [2.05, 4.69) is 5.92 Å². The second-order valence-electron chi connectivity index (χ2n) is 8.67. The molecule has 1 rings (SSSR count). The lowest BCUT2D eigenvalue weighted by atomic mass is 9.98. The first-order valence-corrected chi connectivity index (χ1v) is 11.0. The van der Waals surface area contributed by atoms with Gasteiger partial charge in [-0.05, 0) is 18.8 Å². The Morgan fingerprint density at radius 2 is 1.41 bits per heavy atom. The molecule has 0 saturated carbocycles. The van der Waals surface area contributed by atoms with E-state index in [-0.39, 0.29) is 13.2 Å². The van der Waals surface area contributed by atoms with E-state index >= 15 is 0 Å². The van der Waals surface area contributed by atoms with E-state index < -0.39 is 54.6 Å². The summed E-state index contributed by atoms with van der Waals surface area (Å²) in [5, 5.41) is 0. The second kappa shape index (κ2) is 13.9. The van der Waals surface area contributed by atoms with Crippen LogP contribution in [0.4, 0.5) is 0 Å². The monoisotopic (exact) mass is 486 g/mol. The largest absolute Gasteiger partial charge is 0.463 e. The number of carbonyl (C=O) groups is 4. The molecule has 0 bridgehead atoms. The molecule has 1 aliphatic rings. The van der Waals surface area contributed by atoms with Crippen molar-refractivity contribution >= 4 is 23.9 Å². The highest BCUT2D eigenvalue weighted by Crippen LogP contribution is 2.30. The number of terminal acetylenes is 1. The Kier molecular flexibility index (Phi) is 12.0. The van der Waals surface area contributed by atoms with Gasteiger partial charge in [0.2, 0.25) is 0 Å². The van der Waals surface area contributed by atoms with Crippen molar-refractivity contribution in [2.24, 2.45) is 0 Å². The lowest BCUT2D eigenvalue weighted by Gasteiger charge is -2.44. The maximum absolute atomic E-state index is 11.8. The number of hydrogen-bond donors (Lipinski definition) is 0. The molecule has 1 aliphatic heterocycles. The summed E-state index contributed by atoms with van der Waals surface area (Å²) in [6.07, 6.45) is 1.01. The average molecular weight is 487 g/mol. The number of ether oxygens (including phenoxy) is 6. The molecule has 5 atom stereocenters. The molecule has 1 saturated heterocycles. The Morgan fingerprint density at radius 1 is 0.853 bits per heavy atom. The zero-order valence-electron chi connectivity index (χ0n) is 20.7. The molecule has 192 valence electrons. The van der Waals surface area contributed by atoms with Crippen LogP contribution in [0.5, 0.6) is 0 Å². The van der Waals surface area contributed by atoms with Gasteiger partial charge in [-0.2, -0.15) is 0 Å². The van der Waals surface area contributed by atoms with E-state index in [4.69, 9.17) is 34.8 Å². The van der Waals surface area contributed by atoms with Gasteiger partial charge < -0.3 is 32.9 Å². The van der Waals surface area contributed by atoms with Gasteiger partial charge in [-0.25, -0.2) is 0 Å². The van der Waals surface area contributed by atoms with Crippen LogP contribution in [0.2, 0.25) is 0 Å². The van der Waals surface area contributed by atoms with Gasteiger partial charge in [-0.1, -0.05) is 0 Å². The van der Waals surface area contributed by atoms with Crippen molar-refractivity contribution < 1.29 is 52.1 Å². The normalized spacial score (nSPS) is 24.4. The molecule has 0 amide bonds. The van der Waals surface area contributed by atoms with Crippen LogP contribution in [0.25, 0.3) is 0 Å². The molecule has 1 heterocycles. The van der Waals surface area contributed by atoms with Crippen molar-refractivity contribution in [3.05, 3.63) is 0 Å². The molecule has 0 radical (unpaired) electrons. The SMILES string of the molecule is C#CC[N+](C)(C)CCCCOC1O[C@H](COC(C)=O)[C@@H](OC(C)=O)C(OC(C)=O)[C@H]1OC(C)=O. The number of nitrogens with zero attached hydrogens (tertiary/aromatic N) is 1. The van der Waals surface area contributed by atoms with E-state index in [0.29, 0.717) is 17.4 Å². The predicted octanol–water partition coefficient (Wildman–Crippen LogP) is 0.576. The zero-order valence-corrected chi connectivity index (χ0v) is 20.7. The van der Waals surface area contributed by atoms with Crippen molar-refractivity contribution in [3.8, 4) is 12.3 Å². The Hall–Kier alpha value is -2.68. The number of unbranched alkanes of at least 4 members (excludes halogenated alkanes) is 1. The lowest BCUT2D eigenvalue weighted by molar-refractivity contribution is -0.883. The molecule has 11 nitrogen and oxygen atoms in total. The molecule has 0 N–H and O–H groups in total. The molecule has 2 unspecified atom stereocenters. The molecule has 0 spiro atoms. The van der Waals surface area contributed by atoms with E-state index in [1.807, 2.05) is 14.1 Å². The fraction of sp³-hybridized carbons (Fsp3) is 0.739. The summed E-state index contributed by atoms with van der Waals surface area (Å²) in [5.74, 6) is 0.00877. The summed E-state index contributed by atoms with van der Waals surface area (Å²) in [7, 11) is 4.06. The zero-order chi connectivity index (χ0) is 25.9. The van der Waals surface area contributed by atoms with Gasteiger partial charge in [-0.3, -0.25) is 19.2 Å². The Labute approximate surface area is 200 Å². The maximum atomic E-state index is 11.8. The summed E-state index contributed by atoms with van der Waals surface area (Å²) in [6.45, 7) is 6.09. The molecule has 34 heavy (non-hydrogen) atoms. The first-order chi connectivity index (χ1) is 15.9. The Balaban J connectivity index is 3.04. The number of hydrogen-bond acceptors (Lipinski definition) is 10. The highest BCUT2D eigenvalue weighted by molar-refractivity contribution is 5.68. The van der Waals surface area contributed by atoms with Gasteiger partial charge in [0.1, 0.15) is 19.3 Å². The number of esters is 4. The van der Waals surface area contributed by atoms with Crippen molar-refractivity contribution in [1.29, 1.82) is 0 Å². The van der Waals surface area contributed by atoms with Gasteiger partial charge in [0.05, 0.1) is 27.2 Å². The molecule has 0 aromatic rings. The second-order valence-corrected chi connectivity index (χ2v) is 8.67. The van der Waals surface area contributed by atoms with Crippen LogP contribution < -0.4 is 0 Å². The van der Waals surface area contributed by atoms with Gasteiger partial charge in [0.25, 0.3) is 0 Å². The fourth-order valence-corrected chi connectivity index (χ4v) is 3.49. The summed E-state index contributed by atoms with van der Waals surface area (Å²) in [5.41, 5.74) is 0. The Morgan fingerprint density at radius 3 is 1.94 bits per heavy atom. The van der Waals surface area contributed by atoms with Crippen LogP contribution in [0, 0.1) is 12.3 Å². The quantitative estimate of drug-likeness (QED) is 0.127. The van der Waals surface area contributed by atoms with Gasteiger partial charge in [0, 0.05) is 27.7 Å². The van der Waals surface area contributed by atoms with E-state index in [1.165, 1.54) is 13.8 Å². The van der Waals surface area contributed by atoms with Crippen LogP contribution in [0.3, 0.4) is 0 Å². The predicted molar refractivity (Wildman–Crippen MR) is 118 cm³/mol. The average Bonchev–Trinajstić information content (AvgIpc) is 2.69. The summed E-state index contributed by atoms with van der Waals surface area (Å²) in [6, 6.07) is 0. The summed E-state index contributed by atoms with van der Waals surface area (Å²) >= 11 is 0. The number of carbonyl (C=O) groups excluding carboxylic acids is 4. The molecular formula is C23H36NO10+. The van der Waals surface area contributed by atoms with E-state index in [9.17, 15) is 19.2 Å². The third-order valence-electron chi connectivity index (χ3n) is 4.91. The highest BCUT2D eigenvalue weighted by Gasteiger charge is 2.52. The van der Waals surface area contributed by atoms with Crippen molar-refractivity contribution in [2.75, 3.05) is 40.4 Å².